The number of rotatable bonds is 4. The number of carbonyl (C=O) groups excluding carboxylic acids is 1. The van der Waals surface area contributed by atoms with Crippen LogP contribution in [-0.4, -0.2) is 69.2 Å². The van der Waals surface area contributed by atoms with E-state index in [1.165, 1.54) is 22.8 Å². The van der Waals surface area contributed by atoms with Gasteiger partial charge in [0.1, 0.15) is 17.1 Å². The molecule has 1 saturated heterocycles. The number of fused-ring (bicyclic) bond motifs is 2. The molecule has 6 rings (SSSR count). The number of halogens is 2. The molecule has 1 amide bonds. The molecule has 234 valence electrons. The Labute approximate surface area is 260 Å². The van der Waals surface area contributed by atoms with Gasteiger partial charge in [0.05, 0.1) is 28.0 Å². The number of aryl methyl sites for hydroxylation is 1. The van der Waals surface area contributed by atoms with Gasteiger partial charge in [-0.3, -0.25) is 14.3 Å². The van der Waals surface area contributed by atoms with Crippen LogP contribution in [0.25, 0.3) is 27.7 Å². The Balaban J connectivity index is 1.79. The molecule has 2 unspecified atom stereocenters. The third-order valence-corrected chi connectivity index (χ3v) is 9.02. The zero-order chi connectivity index (χ0) is 32.3. The molecule has 1 fully saturated rings. The van der Waals surface area contributed by atoms with Crippen LogP contribution < -0.4 is 15.5 Å². The van der Waals surface area contributed by atoms with Crippen molar-refractivity contribution in [1.82, 2.24) is 19.4 Å². The fourth-order valence-electron chi connectivity index (χ4n) is 6.78. The van der Waals surface area contributed by atoms with E-state index in [0.717, 1.165) is 0 Å². The standard InChI is InChI=1S/C34H36F2N6O3/c1-7-24(44)40-17-21-13-15-39(6)31-26-32(28(36)25(27(31)35)22-10-8-9-11-23(22)43)42(30-19(4)12-14-37-29(30)18(2)3)34(45)38-33(26)41(21)16-20(40)5/h7-12,14,18,20-21,43H,1,13,15-17H2,2-6H3. The quantitative estimate of drug-likeness (QED) is 0.312. The maximum atomic E-state index is 17.3. The predicted molar refractivity (Wildman–Crippen MR) is 171 cm³/mol. The lowest BCUT2D eigenvalue weighted by Gasteiger charge is -2.47. The number of piperazine rings is 1. The molecule has 45 heavy (non-hydrogen) atoms. The number of benzene rings is 2. The molecule has 0 saturated carbocycles. The van der Waals surface area contributed by atoms with Gasteiger partial charge >= 0.3 is 5.69 Å². The molecule has 2 aromatic carbocycles. The first kappa shape index (κ1) is 30.2. The number of hydrogen-bond acceptors (Lipinski definition) is 7. The van der Waals surface area contributed by atoms with E-state index in [2.05, 4.69) is 16.5 Å². The molecule has 11 heteroatoms. The van der Waals surface area contributed by atoms with Gasteiger partial charge in [-0.15, -0.1) is 0 Å². The van der Waals surface area contributed by atoms with Gasteiger partial charge in [-0.25, -0.2) is 13.6 Å². The van der Waals surface area contributed by atoms with E-state index in [1.807, 2.05) is 32.6 Å². The SMILES string of the molecule is C=CC(=O)N1CC2CCN(C)c3c(F)c(-c4ccccc4O)c(F)c4c3c(nc(=O)n4-c3c(C)ccnc3C(C)C)N2CC1C. The molecule has 4 aromatic rings. The number of aromatic hydroxyl groups is 1. The molecule has 2 aliphatic heterocycles. The smallest absolute Gasteiger partial charge is 0.354 e. The minimum absolute atomic E-state index is 0.0338. The molecule has 2 atom stereocenters. The van der Waals surface area contributed by atoms with Crippen molar-refractivity contribution in [2.24, 2.45) is 0 Å². The zero-order valence-corrected chi connectivity index (χ0v) is 26.0. The average molecular weight is 615 g/mol. The van der Waals surface area contributed by atoms with Gasteiger partial charge in [-0.1, -0.05) is 38.6 Å². The van der Waals surface area contributed by atoms with E-state index in [4.69, 9.17) is 0 Å². The van der Waals surface area contributed by atoms with E-state index >= 15 is 8.78 Å². The lowest BCUT2D eigenvalue weighted by atomic mass is 9.95. The van der Waals surface area contributed by atoms with Crippen molar-refractivity contribution >= 4 is 28.3 Å². The van der Waals surface area contributed by atoms with E-state index in [0.29, 0.717) is 43.0 Å². The molecule has 0 spiro atoms. The molecule has 1 N–H and O–H groups in total. The van der Waals surface area contributed by atoms with Gasteiger partial charge in [0.25, 0.3) is 0 Å². The van der Waals surface area contributed by atoms with Crippen LogP contribution in [0.5, 0.6) is 5.75 Å². The van der Waals surface area contributed by atoms with E-state index in [-0.39, 0.29) is 57.6 Å². The number of aromatic nitrogens is 3. The maximum Gasteiger partial charge on any atom is 0.354 e. The van der Waals surface area contributed by atoms with Crippen LogP contribution in [-0.2, 0) is 4.79 Å². The average Bonchev–Trinajstić information content (AvgIpc) is 3.00. The molecule has 0 bridgehead atoms. The second-order valence-corrected chi connectivity index (χ2v) is 12.2. The fourth-order valence-corrected chi connectivity index (χ4v) is 6.78. The van der Waals surface area contributed by atoms with Crippen LogP contribution in [0.15, 0.2) is 54.0 Å². The van der Waals surface area contributed by atoms with Crippen molar-refractivity contribution in [3.05, 3.63) is 82.6 Å². The number of pyridine rings is 1. The first-order valence-corrected chi connectivity index (χ1v) is 15.1. The number of nitrogens with zero attached hydrogens (tertiary/aromatic N) is 6. The van der Waals surface area contributed by atoms with E-state index in [1.54, 1.807) is 41.2 Å². The second kappa shape index (κ2) is 11.3. The van der Waals surface area contributed by atoms with Crippen LogP contribution in [0.3, 0.4) is 0 Å². The fraction of sp³-hybridized carbons (Fsp3) is 0.353. The lowest BCUT2D eigenvalue weighted by Crippen LogP contribution is -2.60. The summed E-state index contributed by atoms with van der Waals surface area (Å²) in [6.45, 7) is 12.2. The Hall–Kier alpha value is -4.80. The Bertz CT molecular complexity index is 1920. The summed E-state index contributed by atoms with van der Waals surface area (Å²) in [4.78, 5) is 41.5. The summed E-state index contributed by atoms with van der Waals surface area (Å²) in [5, 5.41) is 10.9. The second-order valence-electron chi connectivity index (χ2n) is 12.2. The highest BCUT2D eigenvalue weighted by Crippen LogP contribution is 2.46. The number of carbonyl (C=O) groups is 1. The van der Waals surface area contributed by atoms with Gasteiger partial charge in [0.15, 0.2) is 11.6 Å². The van der Waals surface area contributed by atoms with Crippen molar-refractivity contribution in [3.8, 4) is 22.6 Å². The number of amides is 1. The van der Waals surface area contributed by atoms with Crippen LogP contribution in [0.2, 0.25) is 0 Å². The third-order valence-electron chi connectivity index (χ3n) is 9.02. The monoisotopic (exact) mass is 614 g/mol. The van der Waals surface area contributed by atoms with Gasteiger partial charge in [-0.2, -0.15) is 4.98 Å². The molecule has 9 nitrogen and oxygen atoms in total. The Morgan fingerprint density at radius 1 is 1.13 bits per heavy atom. The Kier molecular flexibility index (Phi) is 7.58. The highest BCUT2D eigenvalue weighted by atomic mass is 19.1. The summed E-state index contributed by atoms with van der Waals surface area (Å²) < 4.78 is 35.5. The van der Waals surface area contributed by atoms with Crippen molar-refractivity contribution < 1.29 is 18.7 Å². The van der Waals surface area contributed by atoms with Crippen molar-refractivity contribution in [2.75, 3.05) is 36.5 Å². The number of phenols is 1. The largest absolute Gasteiger partial charge is 0.507 e. The molecule has 2 aromatic heterocycles. The summed E-state index contributed by atoms with van der Waals surface area (Å²) in [6.07, 6.45) is 3.43. The van der Waals surface area contributed by atoms with Crippen LogP contribution in [0.1, 0.15) is 44.4 Å². The molecule has 0 aliphatic carbocycles. The Morgan fingerprint density at radius 2 is 1.87 bits per heavy atom. The molecule has 2 aliphatic rings. The number of para-hydroxylation sites is 1. The summed E-state index contributed by atoms with van der Waals surface area (Å²) >= 11 is 0. The zero-order valence-electron chi connectivity index (χ0n) is 26.0. The van der Waals surface area contributed by atoms with Crippen LogP contribution in [0, 0.1) is 18.6 Å². The summed E-state index contributed by atoms with van der Waals surface area (Å²) in [5.74, 6) is -2.34. The summed E-state index contributed by atoms with van der Waals surface area (Å²) in [5.41, 5.74) is 0.324. The van der Waals surface area contributed by atoms with Crippen molar-refractivity contribution in [2.45, 2.75) is 52.1 Å². The Morgan fingerprint density at radius 3 is 2.56 bits per heavy atom. The first-order valence-electron chi connectivity index (χ1n) is 15.1. The third kappa shape index (κ3) is 4.72. The van der Waals surface area contributed by atoms with Crippen LogP contribution in [0.4, 0.5) is 20.3 Å². The molecular formula is C34H36F2N6O3. The van der Waals surface area contributed by atoms with Gasteiger partial charge in [-0.05, 0) is 50.0 Å². The lowest BCUT2D eigenvalue weighted by molar-refractivity contribution is -0.128. The van der Waals surface area contributed by atoms with E-state index in [9.17, 15) is 14.7 Å². The minimum Gasteiger partial charge on any atom is -0.507 e. The maximum absolute atomic E-state index is 17.3. The van der Waals surface area contributed by atoms with Crippen molar-refractivity contribution in [1.29, 1.82) is 0 Å². The number of phenolic OH excluding ortho intramolecular Hbond substituents is 1. The molecule has 0 radical (unpaired) electrons. The minimum atomic E-state index is -0.995. The van der Waals surface area contributed by atoms with Gasteiger partial charge < -0.3 is 19.8 Å². The molecule has 4 heterocycles. The normalized spacial score (nSPS) is 18.2. The summed E-state index contributed by atoms with van der Waals surface area (Å²) in [7, 11) is 1.71. The first-order chi connectivity index (χ1) is 21.5. The predicted octanol–water partition coefficient (Wildman–Crippen LogP) is 5.29. The highest BCUT2D eigenvalue weighted by molar-refractivity contribution is 6.05. The topological polar surface area (TPSA) is 94.8 Å². The van der Waals surface area contributed by atoms with E-state index < -0.39 is 22.9 Å². The van der Waals surface area contributed by atoms with Gasteiger partial charge in [0, 0.05) is 50.5 Å². The highest BCUT2D eigenvalue weighted by Gasteiger charge is 2.40. The number of hydrogen-bond donors (Lipinski definition) is 1. The van der Waals surface area contributed by atoms with Crippen LogP contribution >= 0.6 is 0 Å². The molecular weight excluding hydrogens is 578 g/mol. The summed E-state index contributed by atoms with van der Waals surface area (Å²) in [6, 6.07) is 7.16. The number of anilines is 2. The van der Waals surface area contributed by atoms with Gasteiger partial charge in [0.2, 0.25) is 5.91 Å². The van der Waals surface area contributed by atoms with Crippen molar-refractivity contribution in [3.63, 3.8) is 0 Å².